The second-order valence-electron chi connectivity index (χ2n) is 6.21. The van der Waals surface area contributed by atoms with Crippen LogP contribution in [0.1, 0.15) is 17.5 Å². The first-order valence-corrected chi connectivity index (χ1v) is 8.36. The van der Waals surface area contributed by atoms with Gasteiger partial charge in [0.05, 0.1) is 25.2 Å². The standard InChI is InChI=1S/C20H23NO3/c22-19(15-24-14-17-9-5-2-6-10-17)18-11-12-21(20(18)23)13-16-7-3-1-4-8-16/h1-10,18-19,22H,11-15H2/t18-,19+/m0/s1. The molecule has 2 aromatic carbocycles. The molecule has 4 nitrogen and oxygen atoms in total. The number of amides is 1. The van der Waals surface area contributed by atoms with E-state index >= 15 is 0 Å². The molecule has 1 fully saturated rings. The molecular weight excluding hydrogens is 302 g/mol. The molecule has 0 saturated carbocycles. The monoisotopic (exact) mass is 325 g/mol. The number of hydrogen-bond donors (Lipinski definition) is 1. The summed E-state index contributed by atoms with van der Waals surface area (Å²) in [6.07, 6.45) is -0.0661. The summed E-state index contributed by atoms with van der Waals surface area (Å²) in [6.45, 7) is 1.93. The fourth-order valence-corrected chi connectivity index (χ4v) is 3.07. The summed E-state index contributed by atoms with van der Waals surface area (Å²) in [5.41, 5.74) is 2.18. The van der Waals surface area contributed by atoms with Gasteiger partial charge in [0.15, 0.2) is 0 Å². The van der Waals surface area contributed by atoms with Crippen LogP contribution in [0, 0.1) is 5.92 Å². The fraction of sp³-hybridized carbons (Fsp3) is 0.350. The van der Waals surface area contributed by atoms with Crippen molar-refractivity contribution in [1.82, 2.24) is 4.90 Å². The second-order valence-corrected chi connectivity index (χ2v) is 6.21. The average Bonchev–Trinajstić information content (AvgIpc) is 2.97. The third kappa shape index (κ3) is 4.22. The highest BCUT2D eigenvalue weighted by molar-refractivity contribution is 5.81. The summed E-state index contributed by atoms with van der Waals surface area (Å²) in [4.78, 5) is 14.3. The molecule has 2 atom stereocenters. The first-order valence-electron chi connectivity index (χ1n) is 8.36. The van der Waals surface area contributed by atoms with Crippen molar-refractivity contribution in [3.63, 3.8) is 0 Å². The Kier molecular flexibility index (Phi) is 5.62. The van der Waals surface area contributed by atoms with Gasteiger partial charge < -0.3 is 14.7 Å². The molecule has 4 heteroatoms. The van der Waals surface area contributed by atoms with Crippen molar-refractivity contribution in [3.05, 3.63) is 71.8 Å². The van der Waals surface area contributed by atoms with E-state index in [1.165, 1.54) is 0 Å². The maximum absolute atomic E-state index is 12.5. The van der Waals surface area contributed by atoms with E-state index in [9.17, 15) is 9.90 Å². The molecule has 2 aromatic rings. The largest absolute Gasteiger partial charge is 0.390 e. The zero-order valence-electron chi connectivity index (χ0n) is 13.7. The molecule has 126 valence electrons. The molecule has 0 unspecified atom stereocenters. The van der Waals surface area contributed by atoms with Gasteiger partial charge in [-0.15, -0.1) is 0 Å². The van der Waals surface area contributed by atoms with E-state index in [4.69, 9.17) is 4.74 Å². The zero-order valence-corrected chi connectivity index (χ0v) is 13.7. The Hall–Kier alpha value is -2.17. The van der Waals surface area contributed by atoms with Crippen molar-refractivity contribution in [2.24, 2.45) is 5.92 Å². The maximum Gasteiger partial charge on any atom is 0.228 e. The fourth-order valence-electron chi connectivity index (χ4n) is 3.07. The van der Waals surface area contributed by atoms with Crippen LogP contribution in [-0.2, 0) is 22.7 Å². The topological polar surface area (TPSA) is 49.8 Å². The smallest absolute Gasteiger partial charge is 0.228 e. The van der Waals surface area contributed by atoms with E-state index in [-0.39, 0.29) is 18.4 Å². The van der Waals surface area contributed by atoms with Gasteiger partial charge in [-0.2, -0.15) is 0 Å². The number of ether oxygens (including phenoxy) is 1. The normalized spacial score (nSPS) is 18.8. The van der Waals surface area contributed by atoms with E-state index in [0.29, 0.717) is 26.1 Å². The molecule has 0 bridgehead atoms. The lowest BCUT2D eigenvalue weighted by atomic mass is 10.0. The third-order valence-electron chi connectivity index (χ3n) is 4.42. The van der Waals surface area contributed by atoms with E-state index in [1.54, 1.807) is 0 Å². The van der Waals surface area contributed by atoms with Gasteiger partial charge in [-0.1, -0.05) is 60.7 Å². The van der Waals surface area contributed by atoms with Gasteiger partial charge in [0, 0.05) is 13.1 Å². The van der Waals surface area contributed by atoms with Crippen LogP contribution in [0.4, 0.5) is 0 Å². The molecule has 24 heavy (non-hydrogen) atoms. The summed E-state index contributed by atoms with van der Waals surface area (Å²) >= 11 is 0. The first-order chi connectivity index (χ1) is 11.7. The Labute approximate surface area is 142 Å². The van der Waals surface area contributed by atoms with Crippen molar-refractivity contribution in [2.75, 3.05) is 13.2 Å². The number of nitrogens with zero attached hydrogens (tertiary/aromatic N) is 1. The number of carbonyl (C=O) groups is 1. The maximum atomic E-state index is 12.5. The zero-order chi connectivity index (χ0) is 16.8. The Morgan fingerprint density at radius 3 is 2.33 bits per heavy atom. The Morgan fingerprint density at radius 1 is 1.04 bits per heavy atom. The molecule has 3 rings (SSSR count). The van der Waals surface area contributed by atoms with Gasteiger partial charge in [0.25, 0.3) is 0 Å². The van der Waals surface area contributed by atoms with Crippen LogP contribution < -0.4 is 0 Å². The number of aliphatic hydroxyl groups excluding tert-OH is 1. The minimum absolute atomic E-state index is 0.0228. The molecule has 1 aliphatic heterocycles. The molecular formula is C20H23NO3. The van der Waals surface area contributed by atoms with Crippen LogP contribution in [0.2, 0.25) is 0 Å². The molecule has 1 N–H and O–H groups in total. The summed E-state index contributed by atoms with van der Waals surface area (Å²) in [5.74, 6) is -0.334. The number of carbonyl (C=O) groups excluding carboxylic acids is 1. The molecule has 0 radical (unpaired) electrons. The number of likely N-dealkylation sites (tertiary alicyclic amines) is 1. The van der Waals surface area contributed by atoms with Crippen LogP contribution in [0.3, 0.4) is 0 Å². The minimum Gasteiger partial charge on any atom is -0.390 e. The van der Waals surface area contributed by atoms with E-state index in [1.807, 2.05) is 65.6 Å². The molecule has 0 spiro atoms. The van der Waals surface area contributed by atoms with Crippen LogP contribution in [0.15, 0.2) is 60.7 Å². The molecule has 1 saturated heterocycles. The highest BCUT2D eigenvalue weighted by atomic mass is 16.5. The van der Waals surface area contributed by atoms with Crippen molar-refractivity contribution in [2.45, 2.75) is 25.7 Å². The van der Waals surface area contributed by atoms with Crippen LogP contribution >= 0.6 is 0 Å². The van der Waals surface area contributed by atoms with E-state index < -0.39 is 6.10 Å². The SMILES string of the molecule is O=C1[C@H]([C@H](O)COCc2ccccc2)CCN1Cc1ccccc1. The van der Waals surface area contributed by atoms with Crippen molar-refractivity contribution < 1.29 is 14.6 Å². The first kappa shape index (κ1) is 16.7. The Balaban J connectivity index is 1.47. The van der Waals surface area contributed by atoms with Gasteiger partial charge in [-0.05, 0) is 17.5 Å². The second kappa shape index (κ2) is 8.08. The molecule has 1 aliphatic rings. The average molecular weight is 325 g/mol. The van der Waals surface area contributed by atoms with Gasteiger partial charge in [-0.3, -0.25) is 4.79 Å². The predicted octanol–water partition coefficient (Wildman–Crippen LogP) is 2.61. The number of rotatable bonds is 7. The van der Waals surface area contributed by atoms with Crippen molar-refractivity contribution >= 4 is 5.91 Å². The summed E-state index contributed by atoms with van der Waals surface area (Å²) in [7, 11) is 0. The molecule has 1 amide bonds. The minimum atomic E-state index is -0.748. The van der Waals surface area contributed by atoms with Crippen LogP contribution in [-0.4, -0.2) is 35.2 Å². The van der Waals surface area contributed by atoms with Crippen LogP contribution in [0.25, 0.3) is 0 Å². The van der Waals surface area contributed by atoms with Crippen molar-refractivity contribution in [3.8, 4) is 0 Å². The quantitative estimate of drug-likeness (QED) is 0.851. The summed E-state index contributed by atoms with van der Waals surface area (Å²) in [5, 5.41) is 10.3. The number of aliphatic hydroxyl groups is 1. The van der Waals surface area contributed by atoms with E-state index in [2.05, 4.69) is 0 Å². The van der Waals surface area contributed by atoms with Crippen LogP contribution in [0.5, 0.6) is 0 Å². The number of benzene rings is 2. The number of hydrogen-bond acceptors (Lipinski definition) is 3. The predicted molar refractivity (Wildman–Crippen MR) is 92.1 cm³/mol. The van der Waals surface area contributed by atoms with Crippen molar-refractivity contribution in [1.29, 1.82) is 0 Å². The van der Waals surface area contributed by atoms with Gasteiger partial charge in [0.2, 0.25) is 5.91 Å². The lowest BCUT2D eigenvalue weighted by Crippen LogP contribution is -2.34. The summed E-state index contributed by atoms with van der Waals surface area (Å²) in [6, 6.07) is 19.8. The summed E-state index contributed by atoms with van der Waals surface area (Å²) < 4.78 is 5.58. The van der Waals surface area contributed by atoms with Gasteiger partial charge in [-0.25, -0.2) is 0 Å². The Bertz CT molecular complexity index is 644. The highest BCUT2D eigenvalue weighted by Crippen LogP contribution is 2.23. The highest BCUT2D eigenvalue weighted by Gasteiger charge is 2.36. The lowest BCUT2D eigenvalue weighted by molar-refractivity contribution is -0.135. The van der Waals surface area contributed by atoms with Gasteiger partial charge >= 0.3 is 0 Å². The van der Waals surface area contributed by atoms with Gasteiger partial charge in [0.1, 0.15) is 0 Å². The molecule has 0 aliphatic carbocycles. The van der Waals surface area contributed by atoms with E-state index in [0.717, 1.165) is 11.1 Å². The third-order valence-corrected chi connectivity index (χ3v) is 4.42. The lowest BCUT2D eigenvalue weighted by Gasteiger charge is -2.19. The Morgan fingerprint density at radius 2 is 1.67 bits per heavy atom. The molecule has 0 aromatic heterocycles. The molecule has 1 heterocycles.